The Morgan fingerprint density at radius 3 is 2.45 bits per heavy atom. The molecule has 4 aromatic rings. The topological polar surface area (TPSA) is 89.4 Å². The molecule has 0 fully saturated rings. The van der Waals surface area contributed by atoms with Crippen LogP contribution in [0.25, 0.3) is 11.0 Å². The number of rotatable bonds is 10. The number of hydrogen-bond donors (Lipinski definition) is 1. The maximum atomic E-state index is 14.0. The molecule has 2 amide bonds. The lowest BCUT2D eigenvalue weighted by Crippen LogP contribution is -2.50. The molecule has 198 valence electrons. The minimum atomic E-state index is -1.03. The van der Waals surface area contributed by atoms with Crippen molar-refractivity contribution in [1.82, 2.24) is 25.2 Å². The fourth-order valence-corrected chi connectivity index (χ4v) is 4.20. The summed E-state index contributed by atoms with van der Waals surface area (Å²) in [6, 6.07) is 19.3. The Morgan fingerprint density at radius 1 is 1.05 bits per heavy atom. The molecule has 38 heavy (non-hydrogen) atoms. The van der Waals surface area contributed by atoms with Gasteiger partial charge in [0.25, 0.3) is 0 Å². The Morgan fingerprint density at radius 2 is 1.74 bits per heavy atom. The molecule has 1 aromatic heterocycles. The van der Waals surface area contributed by atoms with Crippen LogP contribution in [0.3, 0.4) is 0 Å². The number of amides is 2. The first-order valence-electron chi connectivity index (χ1n) is 12.5. The van der Waals surface area contributed by atoms with Crippen LogP contribution >= 0.6 is 0 Å². The van der Waals surface area contributed by atoms with E-state index in [1.165, 1.54) is 33.8 Å². The van der Waals surface area contributed by atoms with Crippen molar-refractivity contribution in [2.45, 2.75) is 51.9 Å². The van der Waals surface area contributed by atoms with Crippen molar-refractivity contribution in [3.05, 3.63) is 89.7 Å². The van der Waals surface area contributed by atoms with Gasteiger partial charge < -0.3 is 15.0 Å². The number of nitrogens with zero attached hydrogens (tertiary/aromatic N) is 4. The van der Waals surface area contributed by atoms with Gasteiger partial charge in [-0.15, -0.1) is 5.10 Å². The number of nitrogens with one attached hydrogen (secondary N) is 1. The van der Waals surface area contributed by atoms with E-state index in [9.17, 15) is 14.0 Å². The molecule has 0 aliphatic rings. The number of methoxy groups -OCH3 is 1. The van der Waals surface area contributed by atoms with Gasteiger partial charge in [0.1, 0.15) is 29.7 Å². The first-order chi connectivity index (χ1) is 18.2. The number of ether oxygens (including phenoxy) is 1. The van der Waals surface area contributed by atoms with E-state index in [4.69, 9.17) is 4.74 Å². The predicted molar refractivity (Wildman–Crippen MR) is 143 cm³/mol. The number of carbonyl (C=O) groups is 2. The predicted octanol–water partition coefficient (Wildman–Crippen LogP) is 4.65. The van der Waals surface area contributed by atoms with Gasteiger partial charge in [-0.1, -0.05) is 54.6 Å². The number of carbonyl (C=O) groups excluding carboxylic acids is 2. The monoisotopic (exact) mass is 517 g/mol. The molecule has 0 bridgehead atoms. The van der Waals surface area contributed by atoms with Crippen molar-refractivity contribution in [2.24, 2.45) is 0 Å². The average molecular weight is 518 g/mol. The zero-order valence-corrected chi connectivity index (χ0v) is 22.0. The van der Waals surface area contributed by atoms with E-state index in [-0.39, 0.29) is 24.9 Å². The molecule has 9 heteroatoms. The van der Waals surface area contributed by atoms with Crippen molar-refractivity contribution < 1.29 is 18.7 Å². The van der Waals surface area contributed by atoms with E-state index in [1.54, 1.807) is 13.2 Å². The van der Waals surface area contributed by atoms with Gasteiger partial charge in [0.05, 0.1) is 19.2 Å². The Bertz CT molecular complexity index is 1420. The van der Waals surface area contributed by atoms with Gasteiger partial charge in [-0.2, -0.15) is 0 Å². The number of fused-ring (bicyclic) bond motifs is 1. The minimum absolute atomic E-state index is 0.0808. The van der Waals surface area contributed by atoms with Crippen molar-refractivity contribution in [3.8, 4) is 5.75 Å². The summed E-state index contributed by atoms with van der Waals surface area (Å²) in [5.41, 5.74) is 2.06. The average Bonchev–Trinajstić information content (AvgIpc) is 3.32. The van der Waals surface area contributed by atoms with Crippen LogP contribution in [-0.4, -0.2) is 44.4 Å². The molecular formula is C29H32FN5O3. The van der Waals surface area contributed by atoms with Crippen LogP contribution in [0, 0.1) is 5.82 Å². The number of aromatic nitrogens is 3. The fourth-order valence-electron chi connectivity index (χ4n) is 4.20. The largest absolute Gasteiger partial charge is 0.496 e. The second-order valence-corrected chi connectivity index (χ2v) is 9.75. The standard InChI is InChI=1S/C29H32FN5O3/c1-5-29(2,3)31-28(37)27(20-14-16-22(30)17-15-20)34(18-21-10-6-9-13-25(21)38-4)26(36)19-35-24-12-8-7-11-23(24)32-33-35/h6-17,27H,5,18-19H2,1-4H3,(H,31,37). The fraction of sp³-hybridized carbons (Fsp3) is 0.310. The molecule has 3 aromatic carbocycles. The van der Waals surface area contributed by atoms with Crippen molar-refractivity contribution in [2.75, 3.05) is 7.11 Å². The van der Waals surface area contributed by atoms with Crippen LogP contribution in [0.15, 0.2) is 72.8 Å². The number of para-hydroxylation sites is 2. The molecule has 0 spiro atoms. The SMILES string of the molecule is CCC(C)(C)NC(=O)C(c1ccc(F)cc1)N(Cc1ccccc1OC)C(=O)Cn1nnc2ccccc21. The summed E-state index contributed by atoms with van der Waals surface area (Å²) < 4.78 is 20.9. The second kappa shape index (κ2) is 11.4. The molecule has 1 N–H and O–H groups in total. The van der Waals surface area contributed by atoms with E-state index >= 15 is 0 Å². The summed E-state index contributed by atoms with van der Waals surface area (Å²) in [4.78, 5) is 29.4. The zero-order chi connectivity index (χ0) is 27.3. The highest BCUT2D eigenvalue weighted by Crippen LogP contribution is 2.29. The number of hydrogen-bond acceptors (Lipinski definition) is 5. The minimum Gasteiger partial charge on any atom is -0.496 e. The third-order valence-corrected chi connectivity index (χ3v) is 6.65. The van der Waals surface area contributed by atoms with E-state index in [0.29, 0.717) is 28.8 Å². The lowest BCUT2D eigenvalue weighted by Gasteiger charge is -2.35. The highest BCUT2D eigenvalue weighted by atomic mass is 19.1. The third-order valence-electron chi connectivity index (χ3n) is 6.65. The molecule has 8 nitrogen and oxygen atoms in total. The Balaban J connectivity index is 1.79. The van der Waals surface area contributed by atoms with E-state index in [0.717, 1.165) is 5.56 Å². The molecule has 1 heterocycles. The Labute approximate surface area is 221 Å². The van der Waals surface area contributed by atoms with Gasteiger partial charge in [-0.25, -0.2) is 9.07 Å². The van der Waals surface area contributed by atoms with Crippen LogP contribution in [0.1, 0.15) is 44.4 Å². The summed E-state index contributed by atoms with van der Waals surface area (Å²) in [6.07, 6.45) is 0.681. The molecular weight excluding hydrogens is 485 g/mol. The van der Waals surface area contributed by atoms with Crippen molar-refractivity contribution in [1.29, 1.82) is 0 Å². The Hall–Kier alpha value is -4.27. The normalized spacial score (nSPS) is 12.2. The lowest BCUT2D eigenvalue weighted by atomic mass is 9.98. The van der Waals surface area contributed by atoms with Gasteiger partial charge in [0, 0.05) is 11.1 Å². The van der Waals surface area contributed by atoms with Crippen LogP contribution in [0.4, 0.5) is 4.39 Å². The maximum Gasteiger partial charge on any atom is 0.247 e. The molecule has 0 aliphatic carbocycles. The molecule has 1 atom stereocenters. The summed E-state index contributed by atoms with van der Waals surface area (Å²) in [5, 5.41) is 11.4. The summed E-state index contributed by atoms with van der Waals surface area (Å²) >= 11 is 0. The molecule has 0 saturated carbocycles. The Kier molecular flexibility index (Phi) is 8.05. The van der Waals surface area contributed by atoms with E-state index in [1.807, 2.05) is 63.2 Å². The number of benzene rings is 3. The summed E-state index contributed by atoms with van der Waals surface area (Å²) in [6.45, 7) is 5.75. The quantitative estimate of drug-likeness (QED) is 0.331. The van der Waals surface area contributed by atoms with Gasteiger partial charge in [-0.05, 0) is 56.2 Å². The summed E-state index contributed by atoms with van der Waals surface area (Å²) in [7, 11) is 1.56. The van der Waals surface area contributed by atoms with Gasteiger partial charge in [0.15, 0.2) is 0 Å². The van der Waals surface area contributed by atoms with E-state index < -0.39 is 17.4 Å². The summed E-state index contributed by atoms with van der Waals surface area (Å²) in [5.74, 6) is -0.567. The van der Waals surface area contributed by atoms with Crippen molar-refractivity contribution >= 4 is 22.8 Å². The zero-order valence-electron chi connectivity index (χ0n) is 22.0. The molecule has 0 aliphatic heterocycles. The number of halogens is 1. The van der Waals surface area contributed by atoms with Crippen LogP contribution in [0.2, 0.25) is 0 Å². The van der Waals surface area contributed by atoms with Crippen LogP contribution < -0.4 is 10.1 Å². The van der Waals surface area contributed by atoms with Crippen LogP contribution in [0.5, 0.6) is 5.75 Å². The van der Waals surface area contributed by atoms with E-state index in [2.05, 4.69) is 15.6 Å². The molecule has 0 saturated heterocycles. The first kappa shape index (κ1) is 26.8. The second-order valence-electron chi connectivity index (χ2n) is 9.75. The van der Waals surface area contributed by atoms with Crippen molar-refractivity contribution in [3.63, 3.8) is 0 Å². The molecule has 0 radical (unpaired) electrons. The van der Waals surface area contributed by atoms with Gasteiger partial charge in [-0.3, -0.25) is 9.59 Å². The smallest absolute Gasteiger partial charge is 0.247 e. The third kappa shape index (κ3) is 5.99. The highest BCUT2D eigenvalue weighted by Gasteiger charge is 2.34. The lowest BCUT2D eigenvalue weighted by molar-refractivity contribution is -0.143. The highest BCUT2D eigenvalue weighted by molar-refractivity contribution is 5.89. The maximum absolute atomic E-state index is 14.0. The van der Waals surface area contributed by atoms with Crippen LogP contribution in [-0.2, 0) is 22.7 Å². The van der Waals surface area contributed by atoms with Gasteiger partial charge in [0.2, 0.25) is 11.8 Å². The first-order valence-corrected chi connectivity index (χ1v) is 12.5. The molecule has 4 rings (SSSR count). The van der Waals surface area contributed by atoms with Gasteiger partial charge >= 0.3 is 0 Å². The molecule has 1 unspecified atom stereocenters.